The third-order valence-corrected chi connectivity index (χ3v) is 3.91. The molecule has 1 unspecified atom stereocenters. The van der Waals surface area contributed by atoms with Crippen molar-refractivity contribution in [1.29, 1.82) is 0 Å². The highest BCUT2D eigenvalue weighted by atomic mass is 16.3. The average Bonchev–Trinajstić information content (AvgIpc) is 2.36. The summed E-state index contributed by atoms with van der Waals surface area (Å²) >= 11 is 0. The maximum absolute atomic E-state index is 9.61. The van der Waals surface area contributed by atoms with Gasteiger partial charge in [-0.2, -0.15) is 0 Å². The molecule has 0 aromatic carbocycles. The smallest absolute Gasteiger partial charge is 0.0594 e. The van der Waals surface area contributed by atoms with E-state index in [1.807, 2.05) is 13.8 Å². The maximum Gasteiger partial charge on any atom is 0.0594 e. The zero-order valence-corrected chi connectivity index (χ0v) is 11.4. The number of hydrogen-bond donors (Lipinski definition) is 1. The lowest BCUT2D eigenvalue weighted by Crippen LogP contribution is -2.19. The van der Waals surface area contributed by atoms with Crippen LogP contribution in [-0.2, 0) is 0 Å². The second-order valence-corrected chi connectivity index (χ2v) is 6.23. The third-order valence-electron chi connectivity index (χ3n) is 3.91. The molecule has 1 nitrogen and oxygen atoms in total. The highest BCUT2D eigenvalue weighted by Crippen LogP contribution is 2.43. The molecule has 0 fully saturated rings. The SMILES string of the molecule is CC1=CCC(/C=C/CCC(C)(C)O)C1(C)C. The topological polar surface area (TPSA) is 20.2 Å². The van der Waals surface area contributed by atoms with Gasteiger partial charge in [-0.05, 0) is 51.4 Å². The fourth-order valence-electron chi connectivity index (χ4n) is 2.17. The quantitative estimate of drug-likeness (QED) is 0.710. The fourth-order valence-corrected chi connectivity index (χ4v) is 2.17. The van der Waals surface area contributed by atoms with Crippen LogP contribution in [0.25, 0.3) is 0 Å². The van der Waals surface area contributed by atoms with Crippen LogP contribution in [0, 0.1) is 11.3 Å². The predicted molar refractivity (Wildman–Crippen MR) is 70.3 cm³/mol. The van der Waals surface area contributed by atoms with Gasteiger partial charge >= 0.3 is 0 Å². The Morgan fingerprint density at radius 2 is 2.12 bits per heavy atom. The Bertz CT molecular complexity index is 289. The summed E-state index contributed by atoms with van der Waals surface area (Å²) < 4.78 is 0. The molecule has 1 rings (SSSR count). The largest absolute Gasteiger partial charge is 0.390 e. The lowest BCUT2D eigenvalue weighted by Gasteiger charge is -2.27. The van der Waals surface area contributed by atoms with E-state index >= 15 is 0 Å². The van der Waals surface area contributed by atoms with Gasteiger partial charge in [0.05, 0.1) is 5.60 Å². The second-order valence-electron chi connectivity index (χ2n) is 6.23. The molecule has 1 aliphatic rings. The molecule has 0 saturated carbocycles. The molecule has 0 heterocycles. The molecule has 16 heavy (non-hydrogen) atoms. The van der Waals surface area contributed by atoms with Crippen LogP contribution in [0.4, 0.5) is 0 Å². The van der Waals surface area contributed by atoms with Crippen molar-refractivity contribution < 1.29 is 5.11 Å². The van der Waals surface area contributed by atoms with Gasteiger partial charge in [0, 0.05) is 0 Å². The van der Waals surface area contributed by atoms with E-state index in [4.69, 9.17) is 0 Å². The monoisotopic (exact) mass is 222 g/mol. The summed E-state index contributed by atoms with van der Waals surface area (Å²) in [5.41, 5.74) is 1.28. The predicted octanol–water partition coefficient (Wildman–Crippen LogP) is 4.09. The van der Waals surface area contributed by atoms with Crippen LogP contribution in [0.15, 0.2) is 23.8 Å². The molecule has 1 aliphatic carbocycles. The van der Waals surface area contributed by atoms with Crippen molar-refractivity contribution >= 4 is 0 Å². The third kappa shape index (κ3) is 3.48. The zero-order chi connectivity index (χ0) is 12.4. The van der Waals surface area contributed by atoms with Crippen molar-refractivity contribution in [3.05, 3.63) is 23.8 Å². The summed E-state index contributed by atoms with van der Waals surface area (Å²) in [6, 6.07) is 0. The Morgan fingerprint density at radius 3 is 2.56 bits per heavy atom. The van der Waals surface area contributed by atoms with Gasteiger partial charge in [0.2, 0.25) is 0 Å². The van der Waals surface area contributed by atoms with Gasteiger partial charge in [-0.1, -0.05) is 37.6 Å². The van der Waals surface area contributed by atoms with Crippen molar-refractivity contribution in [3.63, 3.8) is 0 Å². The van der Waals surface area contributed by atoms with E-state index in [2.05, 4.69) is 39.0 Å². The minimum Gasteiger partial charge on any atom is -0.390 e. The molecule has 1 atom stereocenters. The van der Waals surface area contributed by atoms with Crippen LogP contribution >= 0.6 is 0 Å². The van der Waals surface area contributed by atoms with E-state index in [0.717, 1.165) is 19.3 Å². The maximum atomic E-state index is 9.61. The van der Waals surface area contributed by atoms with Gasteiger partial charge in [-0.15, -0.1) is 0 Å². The van der Waals surface area contributed by atoms with Gasteiger partial charge in [0.1, 0.15) is 0 Å². The fraction of sp³-hybridized carbons (Fsp3) is 0.733. The molecule has 1 N–H and O–H groups in total. The normalized spacial score (nSPS) is 25.1. The lowest BCUT2D eigenvalue weighted by molar-refractivity contribution is 0.0721. The molecule has 0 aliphatic heterocycles. The molecule has 0 bridgehead atoms. The van der Waals surface area contributed by atoms with Crippen LogP contribution in [0.1, 0.15) is 53.9 Å². The molecule has 0 aromatic heterocycles. The van der Waals surface area contributed by atoms with E-state index in [0.29, 0.717) is 11.3 Å². The van der Waals surface area contributed by atoms with Crippen molar-refractivity contribution in [1.82, 2.24) is 0 Å². The number of aliphatic hydroxyl groups is 1. The Labute approximate surface area is 100 Å². The molecule has 92 valence electrons. The molecule has 0 saturated heterocycles. The van der Waals surface area contributed by atoms with Crippen LogP contribution in [0.3, 0.4) is 0 Å². The standard InChI is InChI=1S/C15H26O/c1-12-9-10-13(15(12,4)5)8-6-7-11-14(2,3)16/h6,8-9,13,16H,7,10-11H2,1-5H3/b8-6+. The molecule has 0 radical (unpaired) electrons. The van der Waals surface area contributed by atoms with Gasteiger partial charge in [0.25, 0.3) is 0 Å². The van der Waals surface area contributed by atoms with E-state index in [1.54, 1.807) is 0 Å². The van der Waals surface area contributed by atoms with E-state index in [9.17, 15) is 5.11 Å². The summed E-state index contributed by atoms with van der Waals surface area (Å²) in [6.45, 7) is 10.6. The highest BCUT2D eigenvalue weighted by Gasteiger charge is 2.32. The molecule has 1 heteroatoms. The number of hydrogen-bond acceptors (Lipinski definition) is 1. The second kappa shape index (κ2) is 4.75. The Kier molecular flexibility index (Phi) is 4.01. The zero-order valence-electron chi connectivity index (χ0n) is 11.4. The van der Waals surface area contributed by atoms with Crippen molar-refractivity contribution in [2.75, 3.05) is 0 Å². The summed E-state index contributed by atoms with van der Waals surface area (Å²) in [4.78, 5) is 0. The van der Waals surface area contributed by atoms with Crippen LogP contribution in [0.5, 0.6) is 0 Å². The van der Waals surface area contributed by atoms with E-state index < -0.39 is 5.60 Å². The van der Waals surface area contributed by atoms with Crippen LogP contribution < -0.4 is 0 Å². The van der Waals surface area contributed by atoms with Crippen molar-refractivity contribution in [3.8, 4) is 0 Å². The van der Waals surface area contributed by atoms with Crippen LogP contribution in [-0.4, -0.2) is 10.7 Å². The van der Waals surface area contributed by atoms with Crippen molar-refractivity contribution in [2.24, 2.45) is 11.3 Å². The summed E-state index contributed by atoms with van der Waals surface area (Å²) in [5, 5.41) is 9.61. The van der Waals surface area contributed by atoms with Gasteiger partial charge in [0.15, 0.2) is 0 Å². The first-order valence-corrected chi connectivity index (χ1v) is 6.30. The Balaban J connectivity index is 2.42. The first kappa shape index (κ1) is 13.5. The van der Waals surface area contributed by atoms with E-state index in [1.165, 1.54) is 5.57 Å². The number of allylic oxidation sites excluding steroid dienone is 4. The van der Waals surface area contributed by atoms with Gasteiger partial charge in [-0.3, -0.25) is 0 Å². The lowest BCUT2D eigenvalue weighted by atomic mass is 9.77. The summed E-state index contributed by atoms with van der Waals surface area (Å²) in [7, 11) is 0. The minimum absolute atomic E-state index is 0.311. The molecular weight excluding hydrogens is 196 g/mol. The highest BCUT2D eigenvalue weighted by molar-refractivity contribution is 5.21. The Hall–Kier alpha value is -0.560. The summed E-state index contributed by atoms with van der Waals surface area (Å²) in [5.74, 6) is 0.634. The molecule has 0 aromatic rings. The molecular formula is C15H26O. The molecule has 0 spiro atoms. The first-order valence-electron chi connectivity index (χ1n) is 6.30. The van der Waals surface area contributed by atoms with Gasteiger partial charge in [-0.25, -0.2) is 0 Å². The number of rotatable bonds is 4. The minimum atomic E-state index is -0.538. The Morgan fingerprint density at radius 1 is 1.50 bits per heavy atom. The van der Waals surface area contributed by atoms with Crippen molar-refractivity contribution in [2.45, 2.75) is 59.5 Å². The molecule has 0 amide bonds. The van der Waals surface area contributed by atoms with Gasteiger partial charge < -0.3 is 5.11 Å². The average molecular weight is 222 g/mol. The first-order chi connectivity index (χ1) is 7.23. The van der Waals surface area contributed by atoms with Crippen LogP contribution in [0.2, 0.25) is 0 Å². The van der Waals surface area contributed by atoms with E-state index in [-0.39, 0.29) is 0 Å². The summed E-state index contributed by atoms with van der Waals surface area (Å²) in [6.07, 6.45) is 9.89.